The highest BCUT2D eigenvalue weighted by molar-refractivity contribution is 5.73. The third kappa shape index (κ3) is 6.47. The topological polar surface area (TPSA) is 100 Å². The monoisotopic (exact) mass is 466 g/mol. The number of amides is 1. The Balaban J connectivity index is 1.90. The summed E-state index contributed by atoms with van der Waals surface area (Å²) >= 11 is 0. The number of carbonyl (C=O) groups excluding carboxylic acids is 1. The Morgan fingerprint density at radius 2 is 1.94 bits per heavy atom. The minimum absolute atomic E-state index is 0.00273. The number of methoxy groups -OCH3 is 1. The number of anilines is 3. The Bertz CT molecular complexity index is 970. The first-order valence-corrected chi connectivity index (χ1v) is 10.8. The Kier molecular flexibility index (Phi) is 7.96. The number of halogens is 3. The van der Waals surface area contributed by atoms with E-state index in [1.165, 1.54) is 14.0 Å². The molecule has 2 atom stereocenters. The normalized spacial score (nSPS) is 18.5. The SMILES string of the molecule is CNCc1ccc(Nc2ncc(C(F)(F)F)c(N[C@@H]3CCCC[C@H]3NC(C)=O)n2)c(OC)c1. The molecule has 0 unspecified atom stereocenters. The van der Waals surface area contributed by atoms with E-state index in [0.717, 1.165) is 24.6 Å². The summed E-state index contributed by atoms with van der Waals surface area (Å²) in [4.78, 5) is 19.6. The van der Waals surface area contributed by atoms with Crippen LogP contribution < -0.4 is 26.0 Å². The summed E-state index contributed by atoms with van der Waals surface area (Å²) in [6.45, 7) is 2.03. The van der Waals surface area contributed by atoms with Crippen LogP contribution in [0, 0.1) is 0 Å². The van der Waals surface area contributed by atoms with Crippen molar-refractivity contribution in [1.29, 1.82) is 0 Å². The Morgan fingerprint density at radius 3 is 2.58 bits per heavy atom. The van der Waals surface area contributed by atoms with E-state index in [4.69, 9.17) is 4.74 Å². The second-order valence-electron chi connectivity index (χ2n) is 7.99. The largest absolute Gasteiger partial charge is 0.495 e. The minimum Gasteiger partial charge on any atom is -0.495 e. The number of alkyl halides is 3. The molecule has 1 saturated carbocycles. The first-order valence-electron chi connectivity index (χ1n) is 10.8. The number of ether oxygens (including phenoxy) is 1. The summed E-state index contributed by atoms with van der Waals surface area (Å²) in [6.07, 6.45) is -0.821. The summed E-state index contributed by atoms with van der Waals surface area (Å²) in [5.41, 5.74) is 0.547. The van der Waals surface area contributed by atoms with Crippen LogP contribution in [0.1, 0.15) is 43.7 Å². The highest BCUT2D eigenvalue weighted by Crippen LogP contribution is 2.36. The van der Waals surface area contributed by atoms with Crippen LogP contribution >= 0.6 is 0 Å². The molecule has 4 N–H and O–H groups in total. The summed E-state index contributed by atoms with van der Waals surface area (Å²) in [5.74, 6) is -0.0348. The molecule has 33 heavy (non-hydrogen) atoms. The van der Waals surface area contributed by atoms with Crippen molar-refractivity contribution in [2.24, 2.45) is 0 Å². The van der Waals surface area contributed by atoms with Crippen LogP contribution in [0.25, 0.3) is 0 Å². The first kappa shape index (κ1) is 24.6. The molecular weight excluding hydrogens is 437 g/mol. The standard InChI is InChI=1S/C22H29F3N6O2/c1-13(32)28-16-6-4-5-7-17(16)29-20-15(22(23,24)25)12-27-21(31-20)30-18-9-8-14(11-26-2)10-19(18)33-3/h8-10,12,16-17,26H,4-7,11H2,1-3H3,(H,28,32)(H2,27,29,30,31)/t16-,17-/m1/s1. The average Bonchev–Trinajstić information content (AvgIpc) is 2.75. The van der Waals surface area contributed by atoms with Gasteiger partial charge in [-0.1, -0.05) is 18.9 Å². The molecule has 0 saturated heterocycles. The van der Waals surface area contributed by atoms with E-state index in [-0.39, 0.29) is 29.8 Å². The molecule has 180 valence electrons. The van der Waals surface area contributed by atoms with Gasteiger partial charge in [0.15, 0.2) is 0 Å². The lowest BCUT2D eigenvalue weighted by molar-refractivity contribution is -0.137. The number of hydrogen-bond donors (Lipinski definition) is 4. The summed E-state index contributed by atoms with van der Waals surface area (Å²) in [5, 5.41) is 11.8. The third-order valence-electron chi connectivity index (χ3n) is 5.46. The van der Waals surface area contributed by atoms with E-state index in [1.807, 2.05) is 19.2 Å². The zero-order valence-corrected chi connectivity index (χ0v) is 18.8. The van der Waals surface area contributed by atoms with E-state index in [2.05, 4.69) is 31.2 Å². The van der Waals surface area contributed by atoms with Crippen molar-refractivity contribution >= 4 is 23.4 Å². The second-order valence-corrected chi connectivity index (χ2v) is 7.99. The highest BCUT2D eigenvalue weighted by Gasteiger charge is 2.37. The van der Waals surface area contributed by atoms with Gasteiger partial charge >= 0.3 is 6.18 Å². The van der Waals surface area contributed by atoms with Gasteiger partial charge in [-0.05, 0) is 37.6 Å². The van der Waals surface area contributed by atoms with Crippen molar-refractivity contribution in [2.75, 3.05) is 24.8 Å². The number of nitrogens with zero attached hydrogens (tertiary/aromatic N) is 2. The fourth-order valence-corrected chi connectivity index (χ4v) is 3.95. The zero-order valence-electron chi connectivity index (χ0n) is 18.8. The molecule has 1 aromatic heterocycles. The molecule has 1 aliphatic rings. The molecule has 8 nitrogen and oxygen atoms in total. The molecule has 0 aliphatic heterocycles. The molecule has 0 spiro atoms. The third-order valence-corrected chi connectivity index (χ3v) is 5.46. The van der Waals surface area contributed by atoms with Crippen LogP contribution in [0.15, 0.2) is 24.4 Å². The molecule has 1 heterocycles. The van der Waals surface area contributed by atoms with Crippen LogP contribution in [0.3, 0.4) is 0 Å². The van der Waals surface area contributed by atoms with Crippen molar-refractivity contribution in [3.05, 3.63) is 35.5 Å². The number of benzene rings is 1. The first-order chi connectivity index (χ1) is 15.7. The zero-order chi connectivity index (χ0) is 24.0. The number of nitrogens with one attached hydrogen (secondary N) is 4. The van der Waals surface area contributed by atoms with E-state index >= 15 is 0 Å². The number of rotatable bonds is 8. The summed E-state index contributed by atoms with van der Waals surface area (Å²) < 4.78 is 46.4. The lowest BCUT2D eigenvalue weighted by atomic mass is 9.90. The molecule has 3 rings (SSSR count). The number of carbonyl (C=O) groups is 1. The van der Waals surface area contributed by atoms with Gasteiger partial charge in [0, 0.05) is 31.7 Å². The van der Waals surface area contributed by atoms with Gasteiger partial charge in [0.2, 0.25) is 11.9 Å². The maximum Gasteiger partial charge on any atom is 0.421 e. The molecule has 0 radical (unpaired) electrons. The second kappa shape index (κ2) is 10.7. The lowest BCUT2D eigenvalue weighted by Gasteiger charge is -2.33. The van der Waals surface area contributed by atoms with Crippen LogP contribution in [-0.2, 0) is 17.5 Å². The Morgan fingerprint density at radius 1 is 1.21 bits per heavy atom. The van der Waals surface area contributed by atoms with E-state index < -0.39 is 11.7 Å². The van der Waals surface area contributed by atoms with Crippen molar-refractivity contribution in [2.45, 2.75) is 57.4 Å². The number of aromatic nitrogens is 2. The van der Waals surface area contributed by atoms with Gasteiger partial charge in [0.1, 0.15) is 17.1 Å². The molecular formula is C22H29F3N6O2. The predicted octanol–water partition coefficient (Wildman–Crippen LogP) is 3.83. The Labute approximate surface area is 190 Å². The van der Waals surface area contributed by atoms with E-state index in [0.29, 0.717) is 30.8 Å². The van der Waals surface area contributed by atoms with Crippen LogP contribution in [0.2, 0.25) is 0 Å². The molecule has 0 bridgehead atoms. The maximum absolute atomic E-state index is 13.7. The van der Waals surface area contributed by atoms with Gasteiger partial charge in [-0.25, -0.2) is 4.98 Å². The van der Waals surface area contributed by atoms with Gasteiger partial charge in [-0.15, -0.1) is 0 Å². The number of hydrogen-bond acceptors (Lipinski definition) is 7. The summed E-state index contributed by atoms with van der Waals surface area (Å²) in [6, 6.07) is 4.80. The Hall–Kier alpha value is -3.08. The maximum atomic E-state index is 13.7. The van der Waals surface area contributed by atoms with E-state index in [1.54, 1.807) is 6.07 Å². The van der Waals surface area contributed by atoms with Gasteiger partial charge in [-0.2, -0.15) is 18.2 Å². The van der Waals surface area contributed by atoms with Crippen molar-refractivity contribution in [1.82, 2.24) is 20.6 Å². The van der Waals surface area contributed by atoms with Crippen LogP contribution in [0.4, 0.5) is 30.6 Å². The lowest BCUT2D eigenvalue weighted by Crippen LogP contribution is -2.48. The quantitative estimate of drug-likeness (QED) is 0.469. The molecule has 1 amide bonds. The van der Waals surface area contributed by atoms with Crippen LogP contribution in [0.5, 0.6) is 5.75 Å². The van der Waals surface area contributed by atoms with Crippen molar-refractivity contribution < 1.29 is 22.7 Å². The minimum atomic E-state index is -4.63. The fourth-order valence-electron chi connectivity index (χ4n) is 3.95. The fraction of sp³-hybridized carbons (Fsp3) is 0.500. The van der Waals surface area contributed by atoms with Crippen molar-refractivity contribution in [3.8, 4) is 5.75 Å². The predicted molar refractivity (Wildman–Crippen MR) is 120 cm³/mol. The van der Waals surface area contributed by atoms with E-state index in [9.17, 15) is 18.0 Å². The highest BCUT2D eigenvalue weighted by atomic mass is 19.4. The van der Waals surface area contributed by atoms with Gasteiger partial charge in [0.05, 0.1) is 12.8 Å². The molecule has 11 heteroatoms. The molecule has 1 aliphatic carbocycles. The molecule has 1 aromatic carbocycles. The van der Waals surface area contributed by atoms with Crippen LogP contribution in [-0.4, -0.2) is 42.1 Å². The van der Waals surface area contributed by atoms with Gasteiger partial charge in [-0.3, -0.25) is 4.79 Å². The summed E-state index contributed by atoms with van der Waals surface area (Å²) in [7, 11) is 3.33. The molecule has 2 aromatic rings. The van der Waals surface area contributed by atoms with Gasteiger partial charge in [0.25, 0.3) is 0 Å². The average molecular weight is 467 g/mol. The molecule has 1 fully saturated rings. The smallest absolute Gasteiger partial charge is 0.421 e. The van der Waals surface area contributed by atoms with Gasteiger partial charge < -0.3 is 26.0 Å². The van der Waals surface area contributed by atoms with Crippen molar-refractivity contribution in [3.63, 3.8) is 0 Å².